The zero-order valence-corrected chi connectivity index (χ0v) is 39.1. The van der Waals surface area contributed by atoms with Gasteiger partial charge in [-0.1, -0.05) is 172 Å². The highest BCUT2D eigenvalue weighted by Gasteiger charge is 2.44. The van der Waals surface area contributed by atoms with Crippen LogP contribution in [0.25, 0.3) is 0 Å². The molecule has 1 rings (SSSR count). The van der Waals surface area contributed by atoms with Gasteiger partial charge in [0.15, 0.2) is 6.29 Å². The molecule has 1 heterocycles. The lowest BCUT2D eigenvalue weighted by Crippen LogP contribution is -2.60. The van der Waals surface area contributed by atoms with E-state index in [0.717, 1.165) is 51.4 Å². The van der Waals surface area contributed by atoms with Crippen LogP contribution in [0.2, 0.25) is 0 Å². The Balaban J connectivity index is 2.30. The molecule has 0 saturated carbocycles. The van der Waals surface area contributed by atoms with Crippen molar-refractivity contribution in [1.29, 1.82) is 0 Å². The predicted octanol–water partition coefficient (Wildman–Crippen LogP) is 8.95. The van der Waals surface area contributed by atoms with Crippen LogP contribution >= 0.6 is 0 Å². The second-order valence-corrected chi connectivity index (χ2v) is 17.5. The van der Waals surface area contributed by atoms with Crippen LogP contribution in [-0.2, 0) is 14.3 Å². The number of carbonyl (C=O) groups is 1. The van der Waals surface area contributed by atoms with Crippen LogP contribution in [-0.4, -0.2) is 110 Å². The number of rotatable bonds is 41. The van der Waals surface area contributed by atoms with Crippen molar-refractivity contribution in [2.45, 2.75) is 255 Å². The summed E-state index contributed by atoms with van der Waals surface area (Å²) in [4.78, 5) is 13.1. The number of allylic oxidation sites excluding steroid dienone is 8. The molecule has 62 heavy (non-hydrogen) atoms. The molecule has 11 nitrogen and oxygen atoms in total. The molecule has 11 heteroatoms. The van der Waals surface area contributed by atoms with Crippen LogP contribution < -0.4 is 5.32 Å². The molecule has 0 aromatic rings. The van der Waals surface area contributed by atoms with Crippen molar-refractivity contribution in [3.05, 3.63) is 48.6 Å². The SMILES string of the molecule is CC/C=C/CC/C=C/CCCC(O)C(O)C(COC1OC(CO)C(O)C(O)C1O)NC(=O)C(O)CCCCCCCCCCCC/C=C\C/C=C\CCCCCCCCCCC. The third kappa shape index (κ3) is 29.5. The van der Waals surface area contributed by atoms with Gasteiger partial charge in [0.05, 0.1) is 25.4 Å². The number of nitrogens with one attached hydrogen (secondary N) is 1. The largest absolute Gasteiger partial charge is 0.394 e. The summed E-state index contributed by atoms with van der Waals surface area (Å²) in [6.07, 6.45) is 37.7. The molecule has 1 aliphatic rings. The number of unbranched alkanes of at least 4 members (excludes halogenated alkanes) is 21. The van der Waals surface area contributed by atoms with Gasteiger partial charge in [-0.3, -0.25) is 4.79 Å². The first-order chi connectivity index (χ1) is 30.2. The van der Waals surface area contributed by atoms with Crippen molar-refractivity contribution in [1.82, 2.24) is 5.32 Å². The molecule has 9 atom stereocenters. The average Bonchev–Trinajstić information content (AvgIpc) is 3.27. The van der Waals surface area contributed by atoms with Crippen LogP contribution in [0.5, 0.6) is 0 Å². The lowest BCUT2D eigenvalue weighted by Gasteiger charge is -2.40. The van der Waals surface area contributed by atoms with Gasteiger partial charge in [0, 0.05) is 0 Å². The van der Waals surface area contributed by atoms with Gasteiger partial charge in [0.25, 0.3) is 0 Å². The molecule has 0 spiro atoms. The van der Waals surface area contributed by atoms with Gasteiger partial charge in [-0.05, 0) is 77.0 Å². The smallest absolute Gasteiger partial charge is 0.249 e. The van der Waals surface area contributed by atoms with E-state index in [1.165, 1.54) is 103 Å². The third-order valence-corrected chi connectivity index (χ3v) is 11.8. The van der Waals surface area contributed by atoms with Crippen molar-refractivity contribution in [3.63, 3.8) is 0 Å². The molecule has 1 fully saturated rings. The number of carbonyl (C=O) groups excluding carboxylic acids is 1. The van der Waals surface area contributed by atoms with Crippen LogP contribution in [0.3, 0.4) is 0 Å². The zero-order valence-electron chi connectivity index (χ0n) is 39.1. The molecule has 0 aromatic heterocycles. The quantitative estimate of drug-likeness (QED) is 0.0218. The highest BCUT2D eigenvalue weighted by Crippen LogP contribution is 2.23. The first-order valence-corrected chi connectivity index (χ1v) is 25.0. The Hall–Kier alpha value is -1.93. The lowest BCUT2D eigenvalue weighted by atomic mass is 9.98. The number of hydrogen-bond acceptors (Lipinski definition) is 10. The molecule has 1 aliphatic heterocycles. The molecule has 0 aromatic carbocycles. The maximum Gasteiger partial charge on any atom is 0.249 e. The van der Waals surface area contributed by atoms with Gasteiger partial charge in [-0.25, -0.2) is 0 Å². The van der Waals surface area contributed by atoms with E-state index in [0.29, 0.717) is 19.3 Å². The molecule has 362 valence electrons. The minimum absolute atomic E-state index is 0.242. The van der Waals surface area contributed by atoms with E-state index in [-0.39, 0.29) is 12.8 Å². The van der Waals surface area contributed by atoms with Crippen molar-refractivity contribution < 1.29 is 50.0 Å². The summed E-state index contributed by atoms with van der Waals surface area (Å²) in [5.74, 6) is -0.717. The van der Waals surface area contributed by atoms with E-state index in [2.05, 4.69) is 61.7 Å². The molecule has 1 amide bonds. The number of hydrogen-bond donors (Lipinski definition) is 8. The van der Waals surface area contributed by atoms with E-state index < -0.39 is 74.2 Å². The van der Waals surface area contributed by atoms with Crippen molar-refractivity contribution >= 4 is 5.91 Å². The van der Waals surface area contributed by atoms with E-state index in [4.69, 9.17) is 9.47 Å². The number of aliphatic hydroxyl groups excluding tert-OH is 7. The normalized spacial score (nSPS) is 21.7. The second kappa shape index (κ2) is 40.6. The molecule has 8 N–H and O–H groups in total. The standard InChI is InChI=1S/C51H93NO10/c1-3-5-7-9-11-13-14-15-16-17-18-19-20-21-22-23-24-25-26-27-28-29-31-33-35-37-39-44(55)50(60)52-42(41-61-51-49(59)48(58)47(57)45(40-53)62-51)46(56)43(54)38-36-34-32-30-12-10-8-6-4-2/h6,8,18-19,21-22,30,32,42-49,51,53-59H,3-5,7,9-17,20,23-29,31,33-41H2,1-2H3,(H,52,60)/b8-6+,19-18-,22-21-,32-30+. The number of aliphatic hydroxyl groups is 7. The van der Waals surface area contributed by atoms with Gasteiger partial charge in [0.2, 0.25) is 5.91 Å². The fourth-order valence-corrected chi connectivity index (χ4v) is 7.73. The molecular formula is C51H93NO10. The average molecular weight is 880 g/mol. The highest BCUT2D eigenvalue weighted by atomic mass is 16.7. The Morgan fingerprint density at radius 2 is 1.06 bits per heavy atom. The van der Waals surface area contributed by atoms with Crippen LogP contribution in [0.15, 0.2) is 48.6 Å². The fraction of sp³-hybridized carbons (Fsp3) is 0.824. The second-order valence-electron chi connectivity index (χ2n) is 17.5. The van der Waals surface area contributed by atoms with Gasteiger partial charge in [-0.15, -0.1) is 0 Å². The summed E-state index contributed by atoms with van der Waals surface area (Å²) in [6, 6.07) is -1.19. The Labute approximate surface area is 377 Å². The van der Waals surface area contributed by atoms with Crippen LogP contribution in [0.1, 0.15) is 200 Å². The highest BCUT2D eigenvalue weighted by molar-refractivity contribution is 5.80. The monoisotopic (exact) mass is 880 g/mol. The fourth-order valence-electron chi connectivity index (χ4n) is 7.73. The summed E-state index contributed by atoms with van der Waals surface area (Å²) >= 11 is 0. The summed E-state index contributed by atoms with van der Waals surface area (Å²) in [5, 5.41) is 75.5. The summed E-state index contributed by atoms with van der Waals surface area (Å²) in [7, 11) is 0. The van der Waals surface area contributed by atoms with E-state index in [1.807, 2.05) is 6.08 Å². The lowest BCUT2D eigenvalue weighted by molar-refractivity contribution is -0.303. The first-order valence-electron chi connectivity index (χ1n) is 25.0. The number of ether oxygens (including phenoxy) is 2. The summed E-state index contributed by atoms with van der Waals surface area (Å²) in [6.45, 7) is 3.28. The molecule has 9 unspecified atom stereocenters. The Morgan fingerprint density at radius 3 is 1.61 bits per heavy atom. The maximum absolute atomic E-state index is 13.1. The van der Waals surface area contributed by atoms with Crippen molar-refractivity contribution in [2.24, 2.45) is 0 Å². The summed E-state index contributed by atoms with van der Waals surface area (Å²) in [5.41, 5.74) is 0. The topological polar surface area (TPSA) is 189 Å². The Morgan fingerprint density at radius 1 is 0.581 bits per heavy atom. The zero-order chi connectivity index (χ0) is 45.5. The molecule has 0 aliphatic carbocycles. The van der Waals surface area contributed by atoms with Gasteiger partial charge >= 0.3 is 0 Å². The molecule has 1 saturated heterocycles. The Kier molecular flexibility index (Phi) is 38.0. The molecule has 0 bridgehead atoms. The molecule has 0 radical (unpaired) electrons. The minimum atomic E-state index is -1.67. The van der Waals surface area contributed by atoms with Gasteiger partial charge in [-0.2, -0.15) is 0 Å². The van der Waals surface area contributed by atoms with E-state index in [1.54, 1.807) is 0 Å². The third-order valence-electron chi connectivity index (χ3n) is 11.8. The Bertz CT molecular complexity index is 1150. The van der Waals surface area contributed by atoms with E-state index in [9.17, 15) is 40.5 Å². The van der Waals surface area contributed by atoms with Gasteiger partial charge in [0.1, 0.15) is 36.6 Å². The predicted molar refractivity (Wildman–Crippen MR) is 251 cm³/mol. The van der Waals surface area contributed by atoms with E-state index >= 15 is 0 Å². The van der Waals surface area contributed by atoms with Crippen LogP contribution in [0.4, 0.5) is 0 Å². The van der Waals surface area contributed by atoms with Crippen molar-refractivity contribution in [2.75, 3.05) is 13.2 Å². The van der Waals surface area contributed by atoms with Crippen LogP contribution in [0, 0.1) is 0 Å². The minimum Gasteiger partial charge on any atom is -0.394 e. The van der Waals surface area contributed by atoms with Gasteiger partial charge < -0.3 is 50.5 Å². The maximum atomic E-state index is 13.1. The summed E-state index contributed by atoms with van der Waals surface area (Å²) < 4.78 is 11.0. The van der Waals surface area contributed by atoms with Crippen molar-refractivity contribution in [3.8, 4) is 0 Å². The first kappa shape index (κ1) is 58.1. The number of amides is 1. The molecular weight excluding hydrogens is 787 g/mol.